The number of hydrogen-bond acceptors (Lipinski definition) is 2. The Morgan fingerprint density at radius 1 is 1.04 bits per heavy atom. The quantitative estimate of drug-likeness (QED) is 0.739. The highest BCUT2D eigenvalue weighted by atomic mass is 19.4. The molecule has 2 aromatic rings. The van der Waals surface area contributed by atoms with Gasteiger partial charge in [-0.15, -0.1) is 0 Å². The first kappa shape index (κ1) is 16.8. The summed E-state index contributed by atoms with van der Waals surface area (Å²) in [5.41, 5.74) is 0.672. The summed E-state index contributed by atoms with van der Waals surface area (Å²) >= 11 is 0. The fourth-order valence-electron chi connectivity index (χ4n) is 2.02. The zero-order valence-corrected chi connectivity index (χ0v) is 12.4. The first-order valence-corrected chi connectivity index (χ1v) is 6.94. The minimum Gasteiger partial charge on any atom is -0.453 e. The van der Waals surface area contributed by atoms with E-state index in [9.17, 15) is 18.0 Å². The van der Waals surface area contributed by atoms with Crippen LogP contribution in [0.5, 0.6) is 0 Å². The molecule has 0 aromatic heterocycles. The van der Waals surface area contributed by atoms with Gasteiger partial charge in [-0.3, -0.25) is 4.79 Å². The van der Waals surface area contributed by atoms with Crippen molar-refractivity contribution in [2.75, 3.05) is 0 Å². The molecule has 0 spiro atoms. The summed E-state index contributed by atoms with van der Waals surface area (Å²) in [7, 11) is 0. The molecule has 1 unspecified atom stereocenters. The third-order valence-electron chi connectivity index (χ3n) is 3.12. The van der Waals surface area contributed by atoms with Crippen LogP contribution in [0.3, 0.4) is 0 Å². The lowest BCUT2D eigenvalue weighted by Crippen LogP contribution is -2.06. The molecule has 0 radical (unpaired) electrons. The Labute approximate surface area is 132 Å². The summed E-state index contributed by atoms with van der Waals surface area (Å²) in [6.07, 6.45) is -1.68. The second-order valence-electron chi connectivity index (χ2n) is 4.92. The highest BCUT2D eigenvalue weighted by molar-refractivity contribution is 5.67. The highest BCUT2D eigenvalue weighted by Gasteiger charge is 2.29. The van der Waals surface area contributed by atoms with Crippen molar-refractivity contribution in [1.82, 2.24) is 0 Å². The van der Waals surface area contributed by atoms with Crippen LogP contribution in [0.15, 0.2) is 60.7 Å². The SMILES string of the molecule is CC(=O)OC(/C=C/c1ccc(C(F)(F)F)cc1)c1ccccc1. The minimum absolute atomic E-state index is 0.434. The molecule has 0 amide bonds. The first-order chi connectivity index (χ1) is 10.9. The van der Waals surface area contributed by atoms with E-state index in [2.05, 4.69) is 0 Å². The maximum atomic E-state index is 12.5. The Morgan fingerprint density at radius 2 is 1.65 bits per heavy atom. The predicted octanol–water partition coefficient (Wildman–Crippen LogP) is 5.02. The van der Waals surface area contributed by atoms with Gasteiger partial charge in [-0.05, 0) is 29.3 Å². The highest BCUT2D eigenvalue weighted by Crippen LogP contribution is 2.29. The van der Waals surface area contributed by atoms with Crippen LogP contribution in [-0.2, 0) is 15.7 Å². The molecule has 5 heteroatoms. The molecule has 0 aliphatic heterocycles. The molecule has 0 saturated heterocycles. The van der Waals surface area contributed by atoms with Gasteiger partial charge < -0.3 is 4.74 Å². The number of carbonyl (C=O) groups is 1. The Kier molecular flexibility index (Phi) is 5.21. The molecule has 0 saturated carbocycles. The summed E-state index contributed by atoms with van der Waals surface area (Å²) in [4.78, 5) is 11.2. The number of rotatable bonds is 4. The molecular weight excluding hydrogens is 305 g/mol. The Bertz CT molecular complexity index is 674. The van der Waals surface area contributed by atoms with E-state index in [1.54, 1.807) is 12.2 Å². The second kappa shape index (κ2) is 7.13. The van der Waals surface area contributed by atoms with Crippen molar-refractivity contribution in [2.45, 2.75) is 19.2 Å². The van der Waals surface area contributed by atoms with E-state index in [1.807, 2.05) is 30.3 Å². The van der Waals surface area contributed by atoms with Crippen LogP contribution in [0.4, 0.5) is 13.2 Å². The third-order valence-corrected chi connectivity index (χ3v) is 3.12. The van der Waals surface area contributed by atoms with E-state index in [0.717, 1.165) is 17.7 Å². The molecular formula is C18H15F3O2. The number of alkyl halides is 3. The molecule has 1 atom stereocenters. The van der Waals surface area contributed by atoms with Crippen LogP contribution >= 0.6 is 0 Å². The maximum absolute atomic E-state index is 12.5. The molecule has 2 rings (SSSR count). The molecule has 120 valence electrons. The van der Waals surface area contributed by atoms with E-state index in [1.165, 1.54) is 19.1 Å². The van der Waals surface area contributed by atoms with Crippen LogP contribution in [0.1, 0.15) is 29.7 Å². The number of esters is 1. The van der Waals surface area contributed by atoms with Crippen molar-refractivity contribution in [3.63, 3.8) is 0 Å². The fourth-order valence-corrected chi connectivity index (χ4v) is 2.02. The average Bonchev–Trinajstić information content (AvgIpc) is 2.51. The van der Waals surface area contributed by atoms with Crippen molar-refractivity contribution in [2.24, 2.45) is 0 Å². The Hall–Kier alpha value is -2.56. The van der Waals surface area contributed by atoms with E-state index in [0.29, 0.717) is 5.56 Å². The molecule has 0 bridgehead atoms. The van der Waals surface area contributed by atoms with E-state index >= 15 is 0 Å². The molecule has 0 fully saturated rings. The molecule has 0 heterocycles. The summed E-state index contributed by atoms with van der Waals surface area (Å²) in [5, 5.41) is 0. The Balaban J connectivity index is 2.19. The van der Waals surface area contributed by atoms with Crippen LogP contribution in [0.25, 0.3) is 6.08 Å². The summed E-state index contributed by atoms with van der Waals surface area (Å²) in [6.45, 7) is 1.31. The van der Waals surface area contributed by atoms with Gasteiger partial charge in [0.1, 0.15) is 6.10 Å². The van der Waals surface area contributed by atoms with Gasteiger partial charge in [-0.25, -0.2) is 0 Å². The van der Waals surface area contributed by atoms with Gasteiger partial charge in [0.15, 0.2) is 0 Å². The topological polar surface area (TPSA) is 26.3 Å². The maximum Gasteiger partial charge on any atom is 0.416 e. The lowest BCUT2D eigenvalue weighted by molar-refractivity contribution is -0.144. The molecule has 0 aliphatic rings. The van der Waals surface area contributed by atoms with E-state index < -0.39 is 23.8 Å². The zero-order valence-electron chi connectivity index (χ0n) is 12.4. The molecule has 0 aliphatic carbocycles. The number of hydrogen-bond donors (Lipinski definition) is 0. The third kappa shape index (κ3) is 4.98. The van der Waals surface area contributed by atoms with Crippen LogP contribution in [0.2, 0.25) is 0 Å². The molecule has 0 N–H and O–H groups in total. The van der Waals surface area contributed by atoms with E-state index in [4.69, 9.17) is 4.74 Å². The van der Waals surface area contributed by atoms with E-state index in [-0.39, 0.29) is 0 Å². The van der Waals surface area contributed by atoms with Gasteiger partial charge in [0.2, 0.25) is 0 Å². The number of ether oxygens (including phenoxy) is 1. The van der Waals surface area contributed by atoms with Crippen LogP contribution in [-0.4, -0.2) is 5.97 Å². The standard InChI is InChI=1S/C18H15F3O2/c1-13(22)23-17(15-5-3-2-4-6-15)12-9-14-7-10-16(11-8-14)18(19,20)21/h2-12,17H,1H3/b12-9+. The van der Waals surface area contributed by atoms with Crippen LogP contribution < -0.4 is 0 Å². The lowest BCUT2D eigenvalue weighted by atomic mass is 10.1. The second-order valence-corrected chi connectivity index (χ2v) is 4.92. The Morgan fingerprint density at radius 3 is 2.17 bits per heavy atom. The van der Waals surface area contributed by atoms with Crippen molar-refractivity contribution < 1.29 is 22.7 Å². The fraction of sp³-hybridized carbons (Fsp3) is 0.167. The smallest absolute Gasteiger partial charge is 0.416 e. The lowest BCUT2D eigenvalue weighted by Gasteiger charge is -2.13. The van der Waals surface area contributed by atoms with Crippen molar-refractivity contribution >= 4 is 12.0 Å². The normalized spacial score (nSPS) is 13.0. The van der Waals surface area contributed by atoms with Gasteiger partial charge in [-0.1, -0.05) is 48.5 Å². The summed E-state index contributed by atoms with van der Waals surface area (Å²) in [6, 6.07) is 13.9. The average molecular weight is 320 g/mol. The zero-order chi connectivity index (χ0) is 16.9. The van der Waals surface area contributed by atoms with Crippen molar-refractivity contribution in [3.8, 4) is 0 Å². The minimum atomic E-state index is -4.35. The monoisotopic (exact) mass is 320 g/mol. The number of carbonyl (C=O) groups excluding carboxylic acids is 1. The molecule has 2 aromatic carbocycles. The molecule has 23 heavy (non-hydrogen) atoms. The van der Waals surface area contributed by atoms with Gasteiger partial charge in [-0.2, -0.15) is 13.2 Å². The predicted molar refractivity (Wildman–Crippen MR) is 81.4 cm³/mol. The van der Waals surface area contributed by atoms with Gasteiger partial charge in [0, 0.05) is 6.92 Å². The van der Waals surface area contributed by atoms with Crippen molar-refractivity contribution in [1.29, 1.82) is 0 Å². The molecule has 2 nitrogen and oxygen atoms in total. The van der Waals surface area contributed by atoms with Crippen LogP contribution in [0, 0.1) is 0 Å². The summed E-state index contributed by atoms with van der Waals surface area (Å²) in [5.74, 6) is -0.434. The first-order valence-electron chi connectivity index (χ1n) is 6.94. The van der Waals surface area contributed by atoms with Crippen molar-refractivity contribution in [3.05, 3.63) is 77.4 Å². The van der Waals surface area contributed by atoms with Gasteiger partial charge in [0.05, 0.1) is 5.56 Å². The van der Waals surface area contributed by atoms with Gasteiger partial charge >= 0.3 is 12.1 Å². The largest absolute Gasteiger partial charge is 0.453 e. The number of benzene rings is 2. The van der Waals surface area contributed by atoms with Gasteiger partial charge in [0.25, 0.3) is 0 Å². The summed E-state index contributed by atoms with van der Waals surface area (Å²) < 4.78 is 42.8. The number of halogens is 3.